The van der Waals surface area contributed by atoms with Gasteiger partial charge in [-0.05, 0) is 10.8 Å². The van der Waals surface area contributed by atoms with Crippen LogP contribution in [0.2, 0.25) is 0 Å². The molecule has 1 heterocycles. The summed E-state index contributed by atoms with van der Waals surface area (Å²) in [6.45, 7) is 4.21. The molecule has 0 amide bonds. The van der Waals surface area contributed by atoms with Crippen LogP contribution in [0.25, 0.3) is 10.9 Å². The van der Waals surface area contributed by atoms with Gasteiger partial charge in [-0.3, -0.25) is 0 Å². The van der Waals surface area contributed by atoms with Crippen LogP contribution in [0.3, 0.4) is 0 Å². The van der Waals surface area contributed by atoms with Crippen molar-refractivity contribution in [3.8, 4) is 0 Å². The van der Waals surface area contributed by atoms with E-state index >= 15 is 0 Å². The molecule has 0 saturated heterocycles. The normalized spacial score (nSPS) is 12.3. The third-order valence-corrected chi connectivity index (χ3v) is 2.79. The lowest BCUT2D eigenvalue weighted by Crippen LogP contribution is -2.33. The van der Waals surface area contributed by atoms with E-state index in [1.165, 1.54) is 0 Å². The fourth-order valence-corrected chi connectivity index (χ4v) is 1.36. The van der Waals surface area contributed by atoms with Gasteiger partial charge in [0.25, 0.3) is 5.52 Å². The Morgan fingerprint density at radius 2 is 1.75 bits per heavy atom. The summed E-state index contributed by atoms with van der Waals surface area (Å²) in [4.78, 5) is 0. The zero-order valence-electron chi connectivity index (χ0n) is 10.6. The maximum atomic E-state index is 10.7. The van der Waals surface area contributed by atoms with Crippen molar-refractivity contribution in [3.63, 3.8) is 0 Å². The zero-order chi connectivity index (χ0) is 15.6. The molecule has 1 aromatic heterocycles. The predicted molar refractivity (Wildman–Crippen MR) is 62.5 cm³/mol. The van der Waals surface area contributed by atoms with Gasteiger partial charge in [0.05, 0.1) is 5.39 Å². The molecule has 20 heavy (non-hydrogen) atoms. The summed E-state index contributed by atoms with van der Waals surface area (Å²) in [5, 5.41) is 1.16. The third kappa shape index (κ3) is 3.94. The molecule has 0 atom stereocenters. The molecule has 2 rings (SSSR count). The van der Waals surface area contributed by atoms with E-state index in [4.69, 9.17) is 17.5 Å². The smallest absolute Gasteiger partial charge is 0.485 e. The molecule has 0 aliphatic carbocycles. The van der Waals surface area contributed by atoms with Gasteiger partial charge < -0.3 is 4.55 Å². The predicted octanol–water partition coefficient (Wildman–Crippen LogP) is 2.35. The van der Waals surface area contributed by atoms with Crippen molar-refractivity contribution < 1.29 is 35.4 Å². The molecule has 1 aromatic carbocycles. The van der Waals surface area contributed by atoms with E-state index in [0.717, 1.165) is 10.9 Å². The van der Waals surface area contributed by atoms with Gasteiger partial charge in [0.15, 0.2) is 22.4 Å². The maximum Gasteiger partial charge on any atom is 0.485 e. The van der Waals surface area contributed by atoms with Crippen molar-refractivity contribution in [3.05, 3.63) is 30.5 Å². The van der Waals surface area contributed by atoms with Crippen LogP contribution in [-0.4, -0.2) is 18.5 Å². The van der Waals surface area contributed by atoms with Gasteiger partial charge in [-0.1, -0.05) is 12.1 Å². The lowest BCUT2D eigenvalue weighted by Gasteiger charge is -2.08. The molecule has 5 nitrogen and oxygen atoms in total. The highest BCUT2D eigenvalue weighted by atomic mass is 32.2. The Kier molecular flexibility index (Phi) is 4.77. The minimum absolute atomic E-state index is 0.380. The average Bonchev–Trinajstić information content (AvgIpc) is 2.70. The minimum atomic E-state index is -6.09. The van der Waals surface area contributed by atoms with E-state index in [2.05, 4.69) is 26.0 Å². The van der Waals surface area contributed by atoms with E-state index in [1.807, 2.05) is 16.9 Å². The highest BCUT2D eigenvalue weighted by Gasteiger charge is 2.36. The molecular weight excluding hydrogens is 299 g/mol. The van der Waals surface area contributed by atoms with Crippen molar-refractivity contribution in [2.45, 2.75) is 25.4 Å². The highest BCUT2D eigenvalue weighted by Crippen LogP contribution is 2.20. The molecule has 0 N–H and O–H groups in total. The first-order valence-corrected chi connectivity index (χ1v) is 6.85. The summed E-state index contributed by atoms with van der Waals surface area (Å²) in [6, 6.07) is 8.54. The largest absolute Gasteiger partial charge is 0.741 e. The molecule has 112 valence electrons. The molecular formula is C11H12F3NO4S. The fraction of sp³-hybridized carbons (Fsp3) is 0.364. The summed E-state index contributed by atoms with van der Waals surface area (Å²) in [5.41, 5.74) is -4.49. The molecule has 9 heteroatoms. The number of nitrogens with zero attached hydrogens (tertiary/aromatic N) is 1. The van der Waals surface area contributed by atoms with Crippen LogP contribution in [0.1, 0.15) is 19.9 Å². The maximum absolute atomic E-state index is 10.7. The summed E-state index contributed by atoms with van der Waals surface area (Å²) in [7, 11) is -6.09. The number of fused-ring (bicyclic) bond motifs is 1. The van der Waals surface area contributed by atoms with E-state index in [0.29, 0.717) is 6.04 Å². The van der Waals surface area contributed by atoms with Crippen molar-refractivity contribution in [2.75, 3.05) is 0 Å². The number of hydrogen-bond donors (Lipinski definition) is 0. The Balaban J connectivity index is 0.000000221. The minimum Gasteiger partial charge on any atom is -0.741 e. The van der Waals surface area contributed by atoms with Gasteiger partial charge in [-0.2, -0.15) is 13.2 Å². The van der Waals surface area contributed by atoms with Crippen LogP contribution < -0.4 is 4.74 Å². The summed E-state index contributed by atoms with van der Waals surface area (Å²) in [6.07, 6.45) is 1.79. The molecule has 0 unspecified atom stereocenters. The zero-order valence-corrected chi connectivity index (χ0v) is 11.4. The molecule has 2 aromatic rings. The molecule has 0 radical (unpaired) electrons. The van der Waals surface area contributed by atoms with Gasteiger partial charge in [-0.15, -0.1) is 0 Å². The second-order valence-corrected chi connectivity index (χ2v) is 5.47. The Bertz CT molecular complexity index is 676. The van der Waals surface area contributed by atoms with Gasteiger partial charge in [0.1, 0.15) is 0 Å². The lowest BCUT2D eigenvalue weighted by atomic mass is 10.2. The Morgan fingerprint density at radius 1 is 1.25 bits per heavy atom. The number of alkyl halides is 3. The first-order chi connectivity index (χ1) is 9.04. The summed E-state index contributed by atoms with van der Waals surface area (Å²) >= 11 is 0. The fourth-order valence-electron chi connectivity index (χ4n) is 1.36. The van der Waals surface area contributed by atoms with Gasteiger partial charge in [0, 0.05) is 19.9 Å². The van der Waals surface area contributed by atoms with Crippen molar-refractivity contribution in [1.82, 2.24) is 0 Å². The standard InChI is InChI=1S/C10H12NO.CHF3O3S/c1-8(2)11-10-6-4-3-5-9(10)7-12-11;2-1(3,4)8(5,6)7/h3-8H,1-2H3;(H,5,6,7)/q+1;/p-1. The van der Waals surface area contributed by atoms with Crippen LogP contribution in [0.5, 0.6) is 0 Å². The van der Waals surface area contributed by atoms with E-state index in [9.17, 15) is 13.2 Å². The van der Waals surface area contributed by atoms with Crippen LogP contribution in [0, 0.1) is 0 Å². The van der Waals surface area contributed by atoms with Crippen molar-refractivity contribution in [2.24, 2.45) is 0 Å². The Morgan fingerprint density at radius 3 is 2.20 bits per heavy atom. The van der Waals surface area contributed by atoms with E-state index in [1.54, 1.807) is 6.26 Å². The number of benzene rings is 1. The number of para-hydroxylation sites is 1. The quantitative estimate of drug-likeness (QED) is 0.460. The monoisotopic (exact) mass is 311 g/mol. The van der Waals surface area contributed by atoms with E-state index < -0.39 is 15.6 Å². The van der Waals surface area contributed by atoms with E-state index in [-0.39, 0.29) is 0 Å². The number of hydrogen-bond acceptors (Lipinski definition) is 4. The second kappa shape index (κ2) is 5.80. The second-order valence-electron chi connectivity index (χ2n) is 4.10. The molecule has 0 spiro atoms. The van der Waals surface area contributed by atoms with Crippen molar-refractivity contribution in [1.29, 1.82) is 0 Å². The lowest BCUT2D eigenvalue weighted by molar-refractivity contribution is -0.858. The number of aromatic nitrogens is 1. The first-order valence-electron chi connectivity index (χ1n) is 5.44. The van der Waals surface area contributed by atoms with Crippen molar-refractivity contribution >= 4 is 21.0 Å². The van der Waals surface area contributed by atoms with Gasteiger partial charge in [-0.25, -0.2) is 12.9 Å². The van der Waals surface area contributed by atoms with Gasteiger partial charge in [0.2, 0.25) is 0 Å². The highest BCUT2D eigenvalue weighted by molar-refractivity contribution is 7.86. The molecule has 0 aliphatic rings. The first kappa shape index (κ1) is 16.4. The third-order valence-electron chi connectivity index (χ3n) is 2.22. The molecule has 0 bridgehead atoms. The Labute approximate surface area is 113 Å². The average molecular weight is 311 g/mol. The molecule has 0 saturated carbocycles. The number of halogens is 3. The van der Waals surface area contributed by atoms with Crippen LogP contribution >= 0.6 is 0 Å². The van der Waals surface area contributed by atoms with Crippen LogP contribution in [0.4, 0.5) is 13.2 Å². The topological polar surface area (TPSA) is 74.2 Å². The SMILES string of the molecule is CC(C)[n+]1occ2ccccc21.O=S(=O)([O-])C(F)(F)F. The molecule has 0 aliphatic heterocycles. The summed E-state index contributed by atoms with van der Waals surface area (Å²) < 4.78 is 66.2. The Hall–Kier alpha value is -1.61. The van der Waals surface area contributed by atoms with Crippen LogP contribution in [-0.2, 0) is 10.1 Å². The van der Waals surface area contributed by atoms with Gasteiger partial charge >= 0.3 is 5.51 Å². The summed E-state index contributed by atoms with van der Waals surface area (Å²) in [5.74, 6) is 0. The molecule has 0 fully saturated rings. The number of rotatable bonds is 1. The van der Waals surface area contributed by atoms with Crippen LogP contribution in [0.15, 0.2) is 35.1 Å².